The number of hydrogen-bond donors (Lipinski definition) is 1. The highest BCUT2D eigenvalue weighted by atomic mass is 16.5. The molecule has 9 nitrogen and oxygen atoms in total. The Balaban J connectivity index is 1.93. The number of benzene rings is 2. The van der Waals surface area contributed by atoms with Gasteiger partial charge in [0.05, 0.1) is 45.8 Å². The first kappa shape index (κ1) is 22.8. The number of nitrogens with zero attached hydrogens (tertiary/aromatic N) is 1. The normalized spacial score (nSPS) is 17.1. The zero-order valence-electron chi connectivity index (χ0n) is 19.0. The number of ether oxygens (including phenoxy) is 4. The van der Waals surface area contributed by atoms with Crippen LogP contribution in [0.25, 0.3) is 5.76 Å². The van der Waals surface area contributed by atoms with E-state index in [0.717, 1.165) is 0 Å². The summed E-state index contributed by atoms with van der Waals surface area (Å²) in [4.78, 5) is 27.7. The van der Waals surface area contributed by atoms with E-state index >= 15 is 0 Å². The molecule has 1 aliphatic heterocycles. The number of aliphatic hydroxyl groups is 1. The van der Waals surface area contributed by atoms with Gasteiger partial charge in [0, 0.05) is 17.8 Å². The first-order valence-corrected chi connectivity index (χ1v) is 10.2. The molecule has 0 spiro atoms. The molecule has 1 unspecified atom stereocenters. The van der Waals surface area contributed by atoms with Gasteiger partial charge < -0.3 is 28.5 Å². The second-order valence-corrected chi connectivity index (χ2v) is 7.29. The van der Waals surface area contributed by atoms with Crippen molar-refractivity contribution in [2.45, 2.75) is 6.04 Å². The van der Waals surface area contributed by atoms with Crippen LogP contribution < -0.4 is 23.8 Å². The van der Waals surface area contributed by atoms with Gasteiger partial charge >= 0.3 is 0 Å². The lowest BCUT2D eigenvalue weighted by Crippen LogP contribution is -2.29. The Morgan fingerprint density at radius 1 is 0.882 bits per heavy atom. The van der Waals surface area contributed by atoms with Gasteiger partial charge in [0.2, 0.25) is 0 Å². The van der Waals surface area contributed by atoms with Crippen LogP contribution in [0.15, 0.2) is 64.8 Å². The smallest absolute Gasteiger partial charge is 0.300 e. The van der Waals surface area contributed by atoms with Gasteiger partial charge in [0.15, 0.2) is 11.5 Å². The van der Waals surface area contributed by atoms with Gasteiger partial charge in [-0.1, -0.05) is 0 Å². The van der Waals surface area contributed by atoms with Crippen LogP contribution >= 0.6 is 0 Å². The molecule has 2 heterocycles. The molecule has 2 aromatic carbocycles. The zero-order chi connectivity index (χ0) is 24.4. The number of aliphatic hydroxyl groups excluding tert-OH is 1. The molecule has 0 radical (unpaired) electrons. The molecular weight excluding hydrogens is 442 g/mol. The molecule has 4 rings (SSSR count). The average Bonchev–Trinajstić information content (AvgIpc) is 3.49. The summed E-state index contributed by atoms with van der Waals surface area (Å²) in [6, 6.07) is 11.8. The largest absolute Gasteiger partial charge is 0.507 e. The van der Waals surface area contributed by atoms with Crippen molar-refractivity contribution in [2.75, 3.05) is 33.3 Å². The summed E-state index contributed by atoms with van der Waals surface area (Å²) >= 11 is 0. The van der Waals surface area contributed by atoms with E-state index in [1.54, 1.807) is 48.5 Å². The molecule has 3 aromatic rings. The van der Waals surface area contributed by atoms with E-state index in [2.05, 4.69) is 0 Å². The topological polar surface area (TPSA) is 108 Å². The molecule has 9 heteroatoms. The quantitative estimate of drug-likeness (QED) is 0.318. The van der Waals surface area contributed by atoms with E-state index in [9.17, 15) is 14.7 Å². The standard InChI is InChI=1S/C25H23NO8/c1-30-15-8-9-16(19(13-15)32-3)23(27)21-22(18-6-5-11-34-18)26(25(29)24(21)28)14-7-10-17(31-2)20(12-14)33-4/h5-13,22,27H,1-4H3/b23-21-. The Morgan fingerprint density at radius 2 is 1.62 bits per heavy atom. The lowest BCUT2D eigenvalue weighted by molar-refractivity contribution is -0.132. The summed E-state index contributed by atoms with van der Waals surface area (Å²) in [6.07, 6.45) is 1.43. The summed E-state index contributed by atoms with van der Waals surface area (Å²) in [5, 5.41) is 11.3. The second-order valence-electron chi connectivity index (χ2n) is 7.29. The van der Waals surface area contributed by atoms with Crippen molar-refractivity contribution in [3.63, 3.8) is 0 Å². The molecule has 1 saturated heterocycles. The van der Waals surface area contributed by atoms with Crippen LogP contribution in [0.5, 0.6) is 23.0 Å². The minimum Gasteiger partial charge on any atom is -0.507 e. The third kappa shape index (κ3) is 3.71. The molecule has 1 aliphatic rings. The molecule has 1 fully saturated rings. The zero-order valence-corrected chi connectivity index (χ0v) is 19.0. The Bertz CT molecular complexity index is 1260. The van der Waals surface area contributed by atoms with Gasteiger partial charge in [0.1, 0.15) is 29.1 Å². The van der Waals surface area contributed by atoms with Gasteiger partial charge in [-0.3, -0.25) is 14.5 Å². The van der Waals surface area contributed by atoms with Gasteiger partial charge in [-0.15, -0.1) is 0 Å². The van der Waals surface area contributed by atoms with Crippen LogP contribution in [-0.2, 0) is 9.59 Å². The highest BCUT2D eigenvalue weighted by molar-refractivity contribution is 6.51. The number of amides is 1. The lowest BCUT2D eigenvalue weighted by Gasteiger charge is -2.24. The number of carbonyl (C=O) groups excluding carboxylic acids is 2. The number of ketones is 1. The maximum absolute atomic E-state index is 13.2. The Morgan fingerprint density at radius 3 is 2.24 bits per heavy atom. The maximum atomic E-state index is 13.2. The molecular formula is C25H23NO8. The summed E-state index contributed by atoms with van der Waals surface area (Å²) in [7, 11) is 5.89. The average molecular weight is 465 g/mol. The molecule has 1 amide bonds. The fourth-order valence-electron chi connectivity index (χ4n) is 3.93. The SMILES string of the molecule is COc1ccc(/C(O)=C2/C(=O)C(=O)N(c3ccc(OC)c(OC)c3)C2c2ccco2)c(OC)c1. The Kier molecular flexibility index (Phi) is 6.18. The van der Waals surface area contributed by atoms with Crippen molar-refractivity contribution in [3.8, 4) is 23.0 Å². The fourth-order valence-corrected chi connectivity index (χ4v) is 3.93. The van der Waals surface area contributed by atoms with Crippen LogP contribution in [0.1, 0.15) is 17.4 Å². The van der Waals surface area contributed by atoms with Crippen molar-refractivity contribution in [2.24, 2.45) is 0 Å². The minimum atomic E-state index is -1.03. The monoisotopic (exact) mass is 465 g/mol. The van der Waals surface area contributed by atoms with Crippen molar-refractivity contribution < 1.29 is 38.1 Å². The molecule has 176 valence electrons. The summed E-state index contributed by atoms with van der Waals surface area (Å²) in [5.74, 6) is -0.203. The first-order chi connectivity index (χ1) is 16.4. The van der Waals surface area contributed by atoms with E-state index in [0.29, 0.717) is 28.7 Å². The van der Waals surface area contributed by atoms with E-state index in [1.807, 2.05) is 0 Å². The fraction of sp³-hybridized carbons (Fsp3) is 0.200. The number of hydrogen-bond acceptors (Lipinski definition) is 8. The van der Waals surface area contributed by atoms with Gasteiger partial charge in [-0.05, 0) is 36.4 Å². The molecule has 0 saturated carbocycles. The number of furan rings is 1. The lowest BCUT2D eigenvalue weighted by atomic mass is 9.98. The van der Waals surface area contributed by atoms with E-state index in [1.165, 1.54) is 39.6 Å². The molecule has 34 heavy (non-hydrogen) atoms. The third-order valence-corrected chi connectivity index (χ3v) is 5.57. The van der Waals surface area contributed by atoms with E-state index in [-0.39, 0.29) is 16.9 Å². The first-order valence-electron chi connectivity index (χ1n) is 10.2. The summed E-state index contributed by atoms with van der Waals surface area (Å²) in [5.41, 5.74) is 0.449. The van der Waals surface area contributed by atoms with E-state index < -0.39 is 23.5 Å². The van der Waals surface area contributed by atoms with Crippen molar-refractivity contribution in [3.05, 3.63) is 71.7 Å². The van der Waals surface area contributed by atoms with Crippen LogP contribution in [0.4, 0.5) is 5.69 Å². The maximum Gasteiger partial charge on any atom is 0.300 e. The van der Waals surface area contributed by atoms with Crippen molar-refractivity contribution in [1.29, 1.82) is 0 Å². The Labute approximate surface area is 195 Å². The summed E-state index contributed by atoms with van der Waals surface area (Å²) in [6.45, 7) is 0. The van der Waals surface area contributed by atoms with Crippen molar-refractivity contribution in [1.82, 2.24) is 0 Å². The van der Waals surface area contributed by atoms with E-state index in [4.69, 9.17) is 23.4 Å². The molecule has 0 bridgehead atoms. The minimum absolute atomic E-state index is 0.141. The number of Topliss-reactive ketones (excluding diaryl/α,β-unsaturated/α-hetero) is 1. The molecule has 1 aromatic heterocycles. The number of carbonyl (C=O) groups is 2. The van der Waals surface area contributed by atoms with Gasteiger partial charge in [0.25, 0.3) is 11.7 Å². The highest BCUT2D eigenvalue weighted by Crippen LogP contribution is 2.45. The molecule has 1 N–H and O–H groups in total. The predicted octanol–water partition coefficient (Wildman–Crippen LogP) is 3.94. The number of anilines is 1. The second kappa shape index (κ2) is 9.22. The highest BCUT2D eigenvalue weighted by Gasteiger charge is 2.48. The van der Waals surface area contributed by atoms with Crippen molar-refractivity contribution >= 4 is 23.1 Å². The third-order valence-electron chi connectivity index (χ3n) is 5.57. The Hall–Kier alpha value is -4.40. The van der Waals surface area contributed by atoms with Crippen LogP contribution in [-0.4, -0.2) is 45.2 Å². The molecule has 1 atom stereocenters. The van der Waals surface area contributed by atoms with Gasteiger partial charge in [-0.25, -0.2) is 0 Å². The predicted molar refractivity (Wildman–Crippen MR) is 123 cm³/mol. The van der Waals surface area contributed by atoms with Gasteiger partial charge in [-0.2, -0.15) is 0 Å². The number of methoxy groups -OCH3 is 4. The summed E-state index contributed by atoms with van der Waals surface area (Å²) < 4.78 is 26.8. The number of rotatable bonds is 7. The van der Waals surface area contributed by atoms with Crippen LogP contribution in [0, 0.1) is 0 Å². The molecule has 0 aliphatic carbocycles. The van der Waals surface area contributed by atoms with Crippen LogP contribution in [0.2, 0.25) is 0 Å². The van der Waals surface area contributed by atoms with Crippen LogP contribution in [0.3, 0.4) is 0 Å².